The Morgan fingerprint density at radius 1 is 1.15 bits per heavy atom. The van der Waals surface area contributed by atoms with E-state index in [0.717, 1.165) is 64.3 Å². The van der Waals surface area contributed by atoms with Crippen molar-refractivity contribution in [1.29, 1.82) is 0 Å². The van der Waals surface area contributed by atoms with E-state index >= 15 is 0 Å². The number of rotatable bonds is 3. The highest BCUT2D eigenvalue weighted by Crippen LogP contribution is 2.40. The van der Waals surface area contributed by atoms with Gasteiger partial charge in [0.25, 0.3) is 0 Å². The van der Waals surface area contributed by atoms with E-state index in [1.165, 1.54) is 0 Å². The van der Waals surface area contributed by atoms with E-state index in [1.807, 2.05) is 4.90 Å². The Kier molecular flexibility index (Phi) is 5.46. The largest absolute Gasteiger partial charge is 0.381 e. The van der Waals surface area contributed by atoms with Crippen molar-refractivity contribution in [3.05, 3.63) is 35.4 Å². The zero-order valence-corrected chi connectivity index (χ0v) is 15.8. The molecule has 3 aliphatic heterocycles. The van der Waals surface area contributed by atoms with E-state index in [4.69, 9.17) is 4.74 Å². The zero-order valence-electron chi connectivity index (χ0n) is 15.8. The number of hydrogen-bond donors (Lipinski definition) is 0. The van der Waals surface area contributed by atoms with Gasteiger partial charge in [0, 0.05) is 56.3 Å². The molecule has 0 N–H and O–H groups in total. The van der Waals surface area contributed by atoms with Crippen molar-refractivity contribution in [2.75, 3.05) is 39.4 Å². The van der Waals surface area contributed by atoms with Crippen LogP contribution in [0.1, 0.15) is 37.7 Å². The number of carbonyl (C=O) groups is 1. The summed E-state index contributed by atoms with van der Waals surface area (Å²) in [6.45, 7) is 5.15. The Morgan fingerprint density at radius 2 is 1.96 bits per heavy atom. The zero-order chi connectivity index (χ0) is 18.9. The lowest BCUT2D eigenvalue weighted by Crippen LogP contribution is -2.46. The van der Waals surface area contributed by atoms with Gasteiger partial charge in [-0.1, -0.05) is 12.1 Å². The molecule has 27 heavy (non-hydrogen) atoms. The summed E-state index contributed by atoms with van der Waals surface area (Å²) in [5.41, 5.74) is 0.517. The van der Waals surface area contributed by atoms with Crippen LogP contribution in [0.25, 0.3) is 0 Å². The van der Waals surface area contributed by atoms with Gasteiger partial charge in [-0.05, 0) is 44.7 Å². The lowest BCUT2D eigenvalue weighted by Gasteiger charge is -2.40. The van der Waals surface area contributed by atoms with Gasteiger partial charge in [-0.15, -0.1) is 0 Å². The maximum absolute atomic E-state index is 14.0. The molecule has 3 saturated heterocycles. The summed E-state index contributed by atoms with van der Waals surface area (Å²) in [5.74, 6) is -1.13. The van der Waals surface area contributed by atoms with Gasteiger partial charge in [0.2, 0.25) is 5.91 Å². The van der Waals surface area contributed by atoms with Gasteiger partial charge >= 0.3 is 0 Å². The Morgan fingerprint density at radius 3 is 2.78 bits per heavy atom. The molecule has 0 bridgehead atoms. The van der Waals surface area contributed by atoms with Crippen LogP contribution in [0.15, 0.2) is 18.2 Å². The number of piperidine rings is 1. The molecule has 1 aromatic carbocycles. The summed E-state index contributed by atoms with van der Waals surface area (Å²) in [5, 5.41) is 0. The molecule has 3 heterocycles. The van der Waals surface area contributed by atoms with Gasteiger partial charge in [0.1, 0.15) is 0 Å². The fourth-order valence-corrected chi connectivity index (χ4v) is 5.02. The predicted molar refractivity (Wildman–Crippen MR) is 98.0 cm³/mol. The molecular weight excluding hydrogens is 350 g/mol. The first-order valence-electron chi connectivity index (χ1n) is 10.1. The highest BCUT2D eigenvalue weighted by Gasteiger charge is 2.43. The van der Waals surface area contributed by atoms with Crippen molar-refractivity contribution in [3.8, 4) is 0 Å². The Labute approximate surface area is 159 Å². The molecule has 4 rings (SSSR count). The fourth-order valence-electron chi connectivity index (χ4n) is 5.02. The number of nitrogens with zero attached hydrogens (tertiary/aromatic N) is 2. The molecule has 1 spiro atoms. The summed E-state index contributed by atoms with van der Waals surface area (Å²) in [4.78, 5) is 17.1. The topological polar surface area (TPSA) is 32.8 Å². The van der Waals surface area contributed by atoms with Crippen LogP contribution in [0.4, 0.5) is 8.78 Å². The van der Waals surface area contributed by atoms with Crippen LogP contribution in [0.5, 0.6) is 0 Å². The van der Waals surface area contributed by atoms with Crippen molar-refractivity contribution in [1.82, 2.24) is 9.80 Å². The molecule has 6 heteroatoms. The number of halogens is 2. The summed E-state index contributed by atoms with van der Waals surface area (Å²) >= 11 is 0. The SMILES string of the molecule is O=C(C1CCOCC1)N1CCC2(CCCN(Cc3cccc(F)c3F)C2)C1. The molecule has 0 radical (unpaired) electrons. The summed E-state index contributed by atoms with van der Waals surface area (Å²) in [6, 6.07) is 4.39. The monoisotopic (exact) mass is 378 g/mol. The second kappa shape index (κ2) is 7.84. The number of benzene rings is 1. The van der Waals surface area contributed by atoms with Gasteiger partial charge in [0.05, 0.1) is 0 Å². The number of carbonyl (C=O) groups excluding carboxylic acids is 1. The van der Waals surface area contributed by atoms with Crippen LogP contribution >= 0.6 is 0 Å². The van der Waals surface area contributed by atoms with Crippen LogP contribution in [0.2, 0.25) is 0 Å². The molecule has 3 aliphatic rings. The molecule has 4 nitrogen and oxygen atoms in total. The molecule has 1 amide bonds. The van der Waals surface area contributed by atoms with E-state index < -0.39 is 11.6 Å². The Balaban J connectivity index is 1.39. The number of hydrogen-bond acceptors (Lipinski definition) is 3. The smallest absolute Gasteiger partial charge is 0.225 e. The van der Waals surface area contributed by atoms with E-state index in [1.54, 1.807) is 12.1 Å². The van der Waals surface area contributed by atoms with Gasteiger partial charge in [-0.3, -0.25) is 9.69 Å². The average Bonchev–Trinajstić information content (AvgIpc) is 3.09. The minimum absolute atomic E-state index is 0.100. The first-order chi connectivity index (χ1) is 13.1. The molecule has 1 aromatic rings. The second-order valence-electron chi connectivity index (χ2n) is 8.42. The summed E-state index contributed by atoms with van der Waals surface area (Å²) < 4.78 is 32.9. The number of ether oxygens (including phenoxy) is 1. The third-order valence-corrected chi connectivity index (χ3v) is 6.49. The highest BCUT2D eigenvalue weighted by molar-refractivity contribution is 5.79. The van der Waals surface area contributed by atoms with E-state index in [2.05, 4.69) is 4.90 Å². The molecule has 0 saturated carbocycles. The molecule has 148 valence electrons. The van der Waals surface area contributed by atoms with Crippen molar-refractivity contribution >= 4 is 5.91 Å². The Bertz CT molecular complexity index is 693. The predicted octanol–water partition coefficient (Wildman–Crippen LogP) is 3.21. The molecule has 0 aromatic heterocycles. The van der Waals surface area contributed by atoms with Crippen LogP contribution in [0.3, 0.4) is 0 Å². The van der Waals surface area contributed by atoms with Crippen molar-refractivity contribution < 1.29 is 18.3 Å². The minimum Gasteiger partial charge on any atom is -0.381 e. The lowest BCUT2D eigenvalue weighted by atomic mass is 9.79. The summed E-state index contributed by atoms with van der Waals surface area (Å²) in [7, 11) is 0. The van der Waals surface area contributed by atoms with Gasteiger partial charge in [-0.2, -0.15) is 0 Å². The van der Waals surface area contributed by atoms with E-state index in [9.17, 15) is 13.6 Å². The van der Waals surface area contributed by atoms with Gasteiger partial charge in [-0.25, -0.2) is 8.78 Å². The van der Waals surface area contributed by atoms with Gasteiger partial charge < -0.3 is 9.64 Å². The highest BCUT2D eigenvalue weighted by atomic mass is 19.2. The van der Waals surface area contributed by atoms with Crippen molar-refractivity contribution in [2.24, 2.45) is 11.3 Å². The van der Waals surface area contributed by atoms with Gasteiger partial charge in [0.15, 0.2) is 11.6 Å². The second-order valence-corrected chi connectivity index (χ2v) is 8.42. The first-order valence-corrected chi connectivity index (χ1v) is 10.1. The van der Waals surface area contributed by atoms with Crippen molar-refractivity contribution in [3.63, 3.8) is 0 Å². The first kappa shape index (κ1) is 18.8. The number of amides is 1. The number of likely N-dealkylation sites (tertiary alicyclic amines) is 2. The van der Waals surface area contributed by atoms with Crippen LogP contribution in [0, 0.1) is 23.0 Å². The lowest BCUT2D eigenvalue weighted by molar-refractivity contribution is -0.138. The minimum atomic E-state index is -0.784. The normalized spacial score (nSPS) is 27.4. The average molecular weight is 378 g/mol. The van der Waals surface area contributed by atoms with E-state index in [-0.39, 0.29) is 17.2 Å². The standard InChI is InChI=1S/C21H28F2N2O2/c22-18-4-1-3-17(19(18)23)13-24-9-2-7-21(14-24)8-10-25(15-21)20(26)16-5-11-27-12-6-16/h1,3-4,16H,2,5-15H2. The third-order valence-electron chi connectivity index (χ3n) is 6.49. The quantitative estimate of drug-likeness (QED) is 0.810. The summed E-state index contributed by atoms with van der Waals surface area (Å²) in [6.07, 6.45) is 4.80. The molecule has 0 aliphatic carbocycles. The van der Waals surface area contributed by atoms with Crippen LogP contribution in [-0.4, -0.2) is 55.1 Å². The Hall–Kier alpha value is -1.53. The van der Waals surface area contributed by atoms with Crippen molar-refractivity contribution in [2.45, 2.75) is 38.6 Å². The third kappa shape index (κ3) is 4.02. The molecule has 1 atom stereocenters. The molecular formula is C21H28F2N2O2. The van der Waals surface area contributed by atoms with Crippen LogP contribution < -0.4 is 0 Å². The molecule has 1 unspecified atom stereocenters. The fraction of sp³-hybridized carbons (Fsp3) is 0.667. The molecule has 3 fully saturated rings. The maximum Gasteiger partial charge on any atom is 0.225 e. The van der Waals surface area contributed by atoms with Crippen LogP contribution in [-0.2, 0) is 16.1 Å². The van der Waals surface area contributed by atoms with E-state index in [0.29, 0.717) is 25.3 Å². The maximum atomic E-state index is 14.0.